The van der Waals surface area contributed by atoms with Gasteiger partial charge >= 0.3 is 11.9 Å². The summed E-state index contributed by atoms with van der Waals surface area (Å²) in [5, 5.41) is 0. The highest BCUT2D eigenvalue weighted by Crippen LogP contribution is 2.80. The Labute approximate surface area is 243 Å². The highest BCUT2D eigenvalue weighted by atomic mass is 16.6. The smallest absolute Gasteiger partial charge is 0.338 e. The van der Waals surface area contributed by atoms with E-state index < -0.39 is 5.60 Å². The maximum atomic E-state index is 13.6. The van der Waals surface area contributed by atoms with Crippen molar-refractivity contribution < 1.29 is 33.3 Å². The molecule has 6 fully saturated rings. The number of rotatable bonds is 7. The summed E-state index contributed by atoms with van der Waals surface area (Å²) in [6.45, 7) is 8.08. The molecule has 7 rings (SSSR count). The molecule has 0 aromatic heterocycles. The van der Waals surface area contributed by atoms with Crippen LogP contribution in [0.15, 0.2) is 30.3 Å². The van der Waals surface area contributed by atoms with E-state index in [0.717, 1.165) is 32.4 Å². The molecule has 1 spiro atoms. The molecule has 41 heavy (non-hydrogen) atoms. The van der Waals surface area contributed by atoms with Crippen LogP contribution in [0.2, 0.25) is 0 Å². The summed E-state index contributed by atoms with van der Waals surface area (Å²) in [5.41, 5.74) is -0.401. The molecule has 8 nitrogen and oxygen atoms in total. The first-order chi connectivity index (χ1) is 19.7. The van der Waals surface area contributed by atoms with E-state index in [0.29, 0.717) is 12.0 Å². The second kappa shape index (κ2) is 9.50. The zero-order valence-electron chi connectivity index (χ0n) is 25.2. The third kappa shape index (κ3) is 3.36. The van der Waals surface area contributed by atoms with Gasteiger partial charge in [-0.1, -0.05) is 32.0 Å². The highest BCUT2D eigenvalue weighted by molar-refractivity contribution is 5.89. The van der Waals surface area contributed by atoms with Crippen LogP contribution in [-0.4, -0.2) is 87.3 Å². The minimum atomic E-state index is -0.676. The van der Waals surface area contributed by atoms with Gasteiger partial charge in [-0.15, -0.1) is 0 Å². The maximum absolute atomic E-state index is 13.6. The van der Waals surface area contributed by atoms with Crippen molar-refractivity contribution in [1.82, 2.24) is 4.90 Å². The molecular formula is C33H45NO7. The summed E-state index contributed by atoms with van der Waals surface area (Å²) in [7, 11) is 5.42. The molecule has 0 unspecified atom stereocenters. The van der Waals surface area contributed by atoms with E-state index in [-0.39, 0.29) is 82.8 Å². The lowest BCUT2D eigenvalue weighted by Crippen LogP contribution is -2.76. The fraction of sp³-hybridized carbons (Fsp3) is 0.758. The van der Waals surface area contributed by atoms with Crippen LogP contribution in [0, 0.1) is 40.4 Å². The van der Waals surface area contributed by atoms with Crippen molar-refractivity contribution in [3.05, 3.63) is 35.9 Å². The number of likely N-dealkylation sites (tertiary alicyclic amines) is 1. The molecular weight excluding hydrogens is 522 g/mol. The van der Waals surface area contributed by atoms with E-state index in [1.165, 1.54) is 6.92 Å². The fourth-order valence-electron chi connectivity index (χ4n) is 12.0. The van der Waals surface area contributed by atoms with Crippen LogP contribution in [0.3, 0.4) is 0 Å². The van der Waals surface area contributed by atoms with Gasteiger partial charge < -0.3 is 23.7 Å². The predicted molar refractivity (Wildman–Crippen MR) is 150 cm³/mol. The molecule has 6 aliphatic rings. The Morgan fingerprint density at radius 3 is 2.41 bits per heavy atom. The number of nitrogens with zero attached hydrogens (tertiary/aromatic N) is 1. The Bertz CT molecular complexity index is 1210. The zero-order valence-corrected chi connectivity index (χ0v) is 25.2. The number of esters is 2. The molecule has 7 bridgehead atoms. The van der Waals surface area contributed by atoms with Crippen LogP contribution >= 0.6 is 0 Å². The van der Waals surface area contributed by atoms with Crippen molar-refractivity contribution in [1.29, 1.82) is 0 Å². The fourth-order valence-corrected chi connectivity index (χ4v) is 12.0. The summed E-state index contributed by atoms with van der Waals surface area (Å²) < 4.78 is 32.5. The third-order valence-corrected chi connectivity index (χ3v) is 12.7. The summed E-state index contributed by atoms with van der Waals surface area (Å²) >= 11 is 0. The van der Waals surface area contributed by atoms with Gasteiger partial charge in [-0.2, -0.15) is 0 Å². The van der Waals surface area contributed by atoms with Gasteiger partial charge in [0.2, 0.25) is 0 Å². The standard InChI is InChI=1S/C33H45NO7/c1-7-34-17-31(3)14-13-23(38-5)33-21-15-20-22(37-4)16-32(39-6,25(29(33)34)27(28(31)33)40-18(2)35)24(21)26(20)41-30(36)19-11-9-8-10-12-19/h8-12,20-29H,7,13-17H2,1-6H3/t20-,21-,22-,23-,24-,25+,26+,27-,28-,29-,31+,32-,33+/m0/s1. The second-order valence-electron chi connectivity index (χ2n) is 13.9. The highest BCUT2D eigenvalue weighted by Gasteiger charge is 2.87. The van der Waals surface area contributed by atoms with Gasteiger partial charge in [-0.05, 0) is 49.3 Å². The van der Waals surface area contributed by atoms with E-state index in [4.69, 9.17) is 23.7 Å². The van der Waals surface area contributed by atoms with E-state index in [1.807, 2.05) is 44.6 Å². The monoisotopic (exact) mass is 567 g/mol. The maximum Gasteiger partial charge on any atom is 0.338 e. The van der Waals surface area contributed by atoms with E-state index in [9.17, 15) is 9.59 Å². The van der Waals surface area contributed by atoms with Crippen LogP contribution in [0.25, 0.3) is 0 Å². The lowest BCUT2D eigenvalue weighted by molar-refractivity contribution is -0.276. The number of piperidine rings is 1. The van der Waals surface area contributed by atoms with E-state index in [2.05, 4.69) is 18.7 Å². The largest absolute Gasteiger partial charge is 0.462 e. The van der Waals surface area contributed by atoms with Gasteiger partial charge in [0.25, 0.3) is 0 Å². The number of benzene rings is 1. The molecule has 13 atom stereocenters. The van der Waals surface area contributed by atoms with Gasteiger partial charge in [0.15, 0.2) is 0 Å². The third-order valence-electron chi connectivity index (χ3n) is 12.7. The summed E-state index contributed by atoms with van der Waals surface area (Å²) in [4.78, 5) is 29.1. The van der Waals surface area contributed by atoms with Gasteiger partial charge in [-0.25, -0.2) is 4.79 Å². The quantitative estimate of drug-likeness (QED) is 0.458. The van der Waals surface area contributed by atoms with E-state index in [1.54, 1.807) is 7.11 Å². The number of fused-ring (bicyclic) bond motifs is 2. The summed E-state index contributed by atoms with van der Waals surface area (Å²) in [5.74, 6) is -0.304. The molecule has 1 heterocycles. The molecule has 0 radical (unpaired) electrons. The molecule has 0 N–H and O–H groups in total. The molecule has 8 heteroatoms. The van der Waals surface area contributed by atoms with Crippen molar-refractivity contribution in [2.45, 2.75) is 82.5 Å². The Morgan fingerprint density at radius 2 is 1.78 bits per heavy atom. The minimum absolute atomic E-state index is 0.0219. The van der Waals surface area contributed by atoms with Crippen molar-refractivity contribution in [3.63, 3.8) is 0 Å². The normalized spacial score (nSPS) is 49.0. The first-order valence-electron chi connectivity index (χ1n) is 15.5. The van der Waals surface area contributed by atoms with Crippen molar-refractivity contribution in [2.24, 2.45) is 40.4 Å². The van der Waals surface area contributed by atoms with Crippen molar-refractivity contribution in [2.75, 3.05) is 34.4 Å². The Hall–Kier alpha value is -2.00. The summed E-state index contributed by atoms with van der Waals surface area (Å²) in [6.07, 6.45) is 2.80. The number of carbonyl (C=O) groups is 2. The Kier molecular flexibility index (Phi) is 6.44. The van der Waals surface area contributed by atoms with Crippen LogP contribution in [0.1, 0.15) is 56.8 Å². The number of hydrogen-bond donors (Lipinski definition) is 0. The van der Waals surface area contributed by atoms with Crippen LogP contribution < -0.4 is 0 Å². The molecule has 5 aliphatic carbocycles. The van der Waals surface area contributed by atoms with Crippen molar-refractivity contribution >= 4 is 11.9 Å². The number of methoxy groups -OCH3 is 3. The van der Waals surface area contributed by atoms with Gasteiger partial charge in [0.1, 0.15) is 12.2 Å². The molecule has 1 aromatic rings. The lowest BCUT2D eigenvalue weighted by Gasteiger charge is -2.69. The number of carbonyl (C=O) groups excluding carboxylic acids is 2. The molecule has 1 aromatic carbocycles. The topological polar surface area (TPSA) is 83.5 Å². The predicted octanol–water partition coefficient (Wildman–Crippen LogP) is 3.97. The number of ether oxygens (including phenoxy) is 5. The first kappa shape index (κ1) is 27.8. The Balaban J connectivity index is 1.45. The average Bonchev–Trinajstić information content (AvgIpc) is 3.38. The molecule has 224 valence electrons. The molecule has 1 saturated heterocycles. The molecule has 1 aliphatic heterocycles. The van der Waals surface area contributed by atoms with Gasteiger partial charge in [0.05, 0.1) is 23.4 Å². The Morgan fingerprint density at radius 1 is 1.02 bits per heavy atom. The summed E-state index contributed by atoms with van der Waals surface area (Å²) in [6, 6.07) is 9.40. The van der Waals surface area contributed by atoms with Crippen LogP contribution in [-0.2, 0) is 28.5 Å². The average molecular weight is 568 g/mol. The first-order valence-corrected chi connectivity index (χ1v) is 15.5. The van der Waals surface area contributed by atoms with Gasteiger partial charge in [-0.3, -0.25) is 9.69 Å². The molecule has 5 saturated carbocycles. The second-order valence-corrected chi connectivity index (χ2v) is 13.9. The minimum Gasteiger partial charge on any atom is -0.462 e. The van der Waals surface area contributed by atoms with Crippen LogP contribution in [0.5, 0.6) is 0 Å². The van der Waals surface area contributed by atoms with Crippen molar-refractivity contribution in [3.8, 4) is 0 Å². The SMILES string of the molecule is CCN1C[C@@]2(C)CC[C@H](OC)[C@@]34[C@@H]1[C@@H]([C@H](OC(C)=O)[C@@H]23)[C@]1(OC)C[C@H](OC)[C@@H]2C[C@H]4[C@H]1[C@@H]2OC(=O)c1ccccc1. The van der Waals surface area contributed by atoms with E-state index >= 15 is 0 Å². The lowest BCUT2D eigenvalue weighted by atomic mass is 9.43. The van der Waals surface area contributed by atoms with Gasteiger partial charge in [0, 0.05) is 76.3 Å². The van der Waals surface area contributed by atoms with Crippen LogP contribution in [0.4, 0.5) is 0 Å². The number of hydrogen-bond acceptors (Lipinski definition) is 8. The zero-order chi connectivity index (χ0) is 28.9. The molecule has 0 amide bonds.